The van der Waals surface area contributed by atoms with Crippen LogP contribution in [0.4, 0.5) is 5.69 Å². The third kappa shape index (κ3) is 2.77. The van der Waals surface area contributed by atoms with Gasteiger partial charge in [0.2, 0.25) is 0 Å². The molecule has 0 amide bonds. The summed E-state index contributed by atoms with van der Waals surface area (Å²) in [6, 6.07) is 8.28. The van der Waals surface area contributed by atoms with Gasteiger partial charge in [-0.1, -0.05) is 32.8 Å². The van der Waals surface area contributed by atoms with Gasteiger partial charge in [-0.3, -0.25) is 4.79 Å². The first kappa shape index (κ1) is 17.3. The van der Waals surface area contributed by atoms with Crippen LogP contribution in [-0.2, 0) is 0 Å². The highest BCUT2D eigenvalue weighted by Gasteiger charge is 2.22. The molecule has 0 bridgehead atoms. The van der Waals surface area contributed by atoms with Gasteiger partial charge < -0.3 is 15.3 Å². The highest BCUT2D eigenvalue weighted by atomic mass is 16.1. The van der Waals surface area contributed by atoms with Gasteiger partial charge in [0.05, 0.1) is 16.4 Å². The Labute approximate surface area is 163 Å². The molecule has 1 aliphatic carbocycles. The second kappa shape index (κ2) is 6.66. The van der Waals surface area contributed by atoms with E-state index >= 15 is 0 Å². The summed E-state index contributed by atoms with van der Waals surface area (Å²) >= 11 is 0. The van der Waals surface area contributed by atoms with Crippen molar-refractivity contribution < 1.29 is 0 Å². The van der Waals surface area contributed by atoms with Gasteiger partial charge in [0.15, 0.2) is 0 Å². The number of hydrogen-bond donors (Lipinski definition) is 3. The van der Waals surface area contributed by atoms with Crippen molar-refractivity contribution in [1.29, 1.82) is 0 Å². The SMILES string of the molecule is CC(C)CNc1ccc2c(c1)c1c(=O)[nH]ccc1c1[nH]c(C3CCCC3)nc21. The summed E-state index contributed by atoms with van der Waals surface area (Å²) in [5.74, 6) is 2.13. The summed E-state index contributed by atoms with van der Waals surface area (Å²) in [6.07, 6.45) is 6.66. The average molecular weight is 374 g/mol. The largest absolute Gasteiger partial charge is 0.385 e. The predicted molar refractivity (Wildman–Crippen MR) is 116 cm³/mol. The highest BCUT2D eigenvalue weighted by Crippen LogP contribution is 2.37. The number of hydrogen-bond acceptors (Lipinski definition) is 3. The Morgan fingerprint density at radius 1 is 1.14 bits per heavy atom. The van der Waals surface area contributed by atoms with Gasteiger partial charge >= 0.3 is 0 Å². The first-order chi connectivity index (χ1) is 13.6. The Balaban J connectivity index is 1.80. The number of fused-ring (bicyclic) bond motifs is 6. The van der Waals surface area contributed by atoms with E-state index < -0.39 is 0 Å². The minimum atomic E-state index is -0.0533. The van der Waals surface area contributed by atoms with E-state index in [0.29, 0.717) is 11.8 Å². The zero-order valence-corrected chi connectivity index (χ0v) is 16.4. The van der Waals surface area contributed by atoms with Crippen LogP contribution in [0.5, 0.6) is 0 Å². The molecule has 0 saturated heterocycles. The third-order valence-electron chi connectivity index (χ3n) is 5.95. The summed E-state index contributed by atoms with van der Waals surface area (Å²) in [6.45, 7) is 5.27. The van der Waals surface area contributed by atoms with Crippen molar-refractivity contribution in [1.82, 2.24) is 15.0 Å². The van der Waals surface area contributed by atoms with Crippen LogP contribution in [0.1, 0.15) is 51.3 Å². The maximum atomic E-state index is 12.8. The number of rotatable bonds is 4. The summed E-state index contributed by atoms with van der Waals surface area (Å²) in [5, 5.41) is 7.16. The molecule has 2 aromatic heterocycles. The molecule has 5 heteroatoms. The molecule has 2 heterocycles. The van der Waals surface area contributed by atoms with Crippen molar-refractivity contribution in [2.45, 2.75) is 45.4 Å². The number of aromatic nitrogens is 3. The second-order valence-electron chi connectivity index (χ2n) is 8.46. The number of aromatic amines is 2. The summed E-state index contributed by atoms with van der Waals surface area (Å²) in [5.41, 5.74) is 2.95. The normalized spacial score (nSPS) is 15.4. The van der Waals surface area contributed by atoms with Crippen LogP contribution < -0.4 is 10.9 Å². The number of nitrogens with zero attached hydrogens (tertiary/aromatic N) is 1. The van der Waals surface area contributed by atoms with Crippen molar-refractivity contribution >= 4 is 38.3 Å². The van der Waals surface area contributed by atoms with E-state index in [4.69, 9.17) is 4.98 Å². The van der Waals surface area contributed by atoms with E-state index in [9.17, 15) is 4.79 Å². The van der Waals surface area contributed by atoms with Crippen LogP contribution in [0.2, 0.25) is 0 Å². The van der Waals surface area contributed by atoms with E-state index in [2.05, 4.69) is 47.3 Å². The topological polar surface area (TPSA) is 73.6 Å². The molecule has 0 aliphatic heterocycles. The van der Waals surface area contributed by atoms with Crippen molar-refractivity contribution in [3.8, 4) is 0 Å². The molecular weight excluding hydrogens is 348 g/mol. The first-order valence-electron chi connectivity index (χ1n) is 10.3. The Morgan fingerprint density at radius 2 is 1.96 bits per heavy atom. The van der Waals surface area contributed by atoms with Gasteiger partial charge in [-0.25, -0.2) is 4.98 Å². The molecule has 1 aliphatic rings. The molecule has 28 heavy (non-hydrogen) atoms. The Bertz CT molecular complexity index is 1230. The number of anilines is 1. The molecule has 0 unspecified atom stereocenters. The Morgan fingerprint density at radius 3 is 2.75 bits per heavy atom. The van der Waals surface area contributed by atoms with Crippen LogP contribution in [0.15, 0.2) is 35.3 Å². The minimum absolute atomic E-state index is 0.0533. The van der Waals surface area contributed by atoms with E-state index in [1.54, 1.807) is 6.20 Å². The van der Waals surface area contributed by atoms with E-state index in [-0.39, 0.29) is 5.56 Å². The van der Waals surface area contributed by atoms with Crippen LogP contribution >= 0.6 is 0 Å². The van der Waals surface area contributed by atoms with E-state index in [1.807, 2.05) is 6.07 Å². The lowest BCUT2D eigenvalue weighted by atomic mass is 10.0. The molecular formula is C23H26N4O. The third-order valence-corrected chi connectivity index (χ3v) is 5.95. The van der Waals surface area contributed by atoms with Crippen LogP contribution in [0, 0.1) is 5.92 Å². The Hall–Kier alpha value is -2.82. The first-order valence-corrected chi connectivity index (χ1v) is 10.3. The molecule has 4 aromatic rings. The molecule has 5 rings (SSSR count). The maximum absolute atomic E-state index is 12.8. The number of pyridine rings is 1. The number of nitrogens with one attached hydrogen (secondary N) is 3. The molecule has 2 aromatic carbocycles. The van der Waals surface area contributed by atoms with Crippen molar-refractivity contribution in [2.24, 2.45) is 5.92 Å². The van der Waals surface area contributed by atoms with Crippen molar-refractivity contribution in [3.63, 3.8) is 0 Å². The zero-order valence-electron chi connectivity index (χ0n) is 16.4. The molecule has 144 valence electrons. The van der Waals surface area contributed by atoms with Gasteiger partial charge in [0, 0.05) is 35.1 Å². The quantitative estimate of drug-likeness (QED) is 0.425. The molecule has 1 saturated carbocycles. The Kier molecular flexibility index (Phi) is 4.11. The highest BCUT2D eigenvalue weighted by molar-refractivity contribution is 6.23. The predicted octanol–water partition coefficient (Wildman–Crippen LogP) is 5.28. The molecule has 0 atom stereocenters. The zero-order chi connectivity index (χ0) is 19.3. The monoisotopic (exact) mass is 374 g/mol. The summed E-state index contributed by atoms with van der Waals surface area (Å²) in [4.78, 5) is 24.2. The minimum Gasteiger partial charge on any atom is -0.385 e. The van der Waals surface area contributed by atoms with Gasteiger partial charge in [-0.05, 0) is 42.3 Å². The van der Waals surface area contributed by atoms with E-state index in [1.165, 1.54) is 25.7 Å². The number of H-pyrrole nitrogens is 2. The smallest absolute Gasteiger partial charge is 0.256 e. The van der Waals surface area contributed by atoms with Crippen molar-refractivity contribution in [2.75, 3.05) is 11.9 Å². The average Bonchev–Trinajstić information content (AvgIpc) is 3.36. The lowest BCUT2D eigenvalue weighted by molar-refractivity contribution is 0.681. The second-order valence-corrected chi connectivity index (χ2v) is 8.46. The lowest BCUT2D eigenvalue weighted by Gasteiger charge is -2.11. The van der Waals surface area contributed by atoms with Crippen LogP contribution in [0.3, 0.4) is 0 Å². The standard InChI is InChI=1S/C23H26N4O/c1-13(2)12-25-15-7-8-16-18(11-15)19-17(9-10-24-23(19)28)21-20(16)26-22(27-21)14-5-3-4-6-14/h7-11,13-14,25H,3-6,12H2,1-2H3,(H,24,28)(H,26,27). The van der Waals surface area contributed by atoms with E-state index in [0.717, 1.165) is 50.6 Å². The van der Waals surface area contributed by atoms with Crippen LogP contribution in [0.25, 0.3) is 32.6 Å². The van der Waals surface area contributed by atoms with Crippen molar-refractivity contribution in [3.05, 3.63) is 46.6 Å². The van der Waals surface area contributed by atoms with Gasteiger partial charge in [-0.15, -0.1) is 0 Å². The maximum Gasteiger partial charge on any atom is 0.256 e. The molecule has 0 spiro atoms. The fraction of sp³-hybridized carbons (Fsp3) is 0.391. The fourth-order valence-corrected chi connectivity index (χ4v) is 4.52. The molecule has 3 N–H and O–H groups in total. The lowest BCUT2D eigenvalue weighted by Crippen LogP contribution is -2.08. The molecule has 5 nitrogen and oxygen atoms in total. The number of benzene rings is 2. The van der Waals surface area contributed by atoms with Gasteiger partial charge in [-0.2, -0.15) is 0 Å². The fourth-order valence-electron chi connectivity index (χ4n) is 4.52. The molecule has 0 radical (unpaired) electrons. The number of imidazole rings is 1. The van der Waals surface area contributed by atoms with Crippen LogP contribution in [-0.4, -0.2) is 21.5 Å². The van der Waals surface area contributed by atoms with Gasteiger partial charge in [0.25, 0.3) is 5.56 Å². The summed E-state index contributed by atoms with van der Waals surface area (Å²) in [7, 11) is 0. The molecule has 1 fully saturated rings. The van der Waals surface area contributed by atoms with Gasteiger partial charge in [0.1, 0.15) is 5.82 Å². The summed E-state index contributed by atoms with van der Waals surface area (Å²) < 4.78 is 0.